The topological polar surface area (TPSA) is 21.6 Å². The highest BCUT2D eigenvalue weighted by Crippen LogP contribution is 2.26. The van der Waals surface area contributed by atoms with E-state index in [0.29, 0.717) is 0 Å². The second kappa shape index (κ2) is 4.75. The largest absolute Gasteiger partial charge is 0.494 e. The van der Waals surface area contributed by atoms with Gasteiger partial charge >= 0.3 is 0 Å². The summed E-state index contributed by atoms with van der Waals surface area (Å²) in [5.41, 5.74) is 1.97. The fourth-order valence-corrected chi connectivity index (χ4v) is 1.84. The summed E-state index contributed by atoms with van der Waals surface area (Å²) in [5, 5.41) is 4.09. The van der Waals surface area contributed by atoms with Crippen LogP contribution in [0.1, 0.15) is 5.56 Å². The molecular weight excluding hydrogens is 206 g/mol. The molecule has 0 radical (unpaired) electrons. The Balaban J connectivity index is 2.24. The molecule has 0 saturated heterocycles. The van der Waals surface area contributed by atoms with Crippen LogP contribution in [-0.4, -0.2) is 13.3 Å². The summed E-state index contributed by atoms with van der Waals surface area (Å²) < 4.78 is 5.20. The molecule has 0 aliphatic heterocycles. The van der Waals surface area contributed by atoms with Gasteiger partial charge in [0.2, 0.25) is 0 Å². The molecule has 0 spiro atoms. The highest BCUT2D eigenvalue weighted by molar-refractivity contribution is 7.08. The lowest BCUT2D eigenvalue weighted by Gasteiger charge is -2.01. The lowest BCUT2D eigenvalue weighted by Crippen LogP contribution is -1.82. The van der Waals surface area contributed by atoms with Crippen molar-refractivity contribution in [2.75, 3.05) is 7.11 Å². The standard InChI is InChI=1S/C12H11NOS/c1-14-12-5-3-2-4-11(12)13-8-10-6-7-15-9-10/h2-9H,1H3/b13-8+. The number of hydrogen-bond donors (Lipinski definition) is 0. The first-order chi connectivity index (χ1) is 7.40. The van der Waals surface area contributed by atoms with Crippen molar-refractivity contribution in [3.05, 3.63) is 46.7 Å². The van der Waals surface area contributed by atoms with Gasteiger partial charge < -0.3 is 4.74 Å². The van der Waals surface area contributed by atoms with Crippen molar-refractivity contribution in [3.8, 4) is 5.75 Å². The maximum Gasteiger partial charge on any atom is 0.144 e. The average molecular weight is 217 g/mol. The van der Waals surface area contributed by atoms with Crippen molar-refractivity contribution in [3.63, 3.8) is 0 Å². The fraction of sp³-hybridized carbons (Fsp3) is 0.0833. The van der Waals surface area contributed by atoms with Gasteiger partial charge in [-0.15, -0.1) is 0 Å². The highest BCUT2D eigenvalue weighted by Gasteiger charge is 1.97. The Bertz CT molecular complexity index is 448. The molecule has 0 aliphatic rings. The normalized spacial score (nSPS) is 10.7. The van der Waals surface area contributed by atoms with Gasteiger partial charge in [0.25, 0.3) is 0 Å². The molecule has 0 saturated carbocycles. The molecule has 1 aromatic heterocycles. The fourth-order valence-electron chi connectivity index (χ4n) is 1.23. The molecule has 15 heavy (non-hydrogen) atoms. The average Bonchev–Trinajstić information content (AvgIpc) is 2.79. The van der Waals surface area contributed by atoms with E-state index in [1.54, 1.807) is 18.4 Å². The second-order valence-corrected chi connectivity index (χ2v) is 3.77. The van der Waals surface area contributed by atoms with Gasteiger partial charge in [-0.05, 0) is 29.0 Å². The van der Waals surface area contributed by atoms with Crippen LogP contribution in [0.25, 0.3) is 0 Å². The first-order valence-corrected chi connectivity index (χ1v) is 5.54. The van der Waals surface area contributed by atoms with Gasteiger partial charge in [-0.3, -0.25) is 4.99 Å². The molecule has 2 rings (SSSR count). The van der Waals surface area contributed by atoms with Crippen LogP contribution in [0.5, 0.6) is 5.75 Å². The molecule has 3 heteroatoms. The number of hydrogen-bond acceptors (Lipinski definition) is 3. The van der Waals surface area contributed by atoms with Crippen molar-refractivity contribution in [1.82, 2.24) is 0 Å². The quantitative estimate of drug-likeness (QED) is 0.721. The molecule has 0 atom stereocenters. The van der Waals surface area contributed by atoms with Gasteiger partial charge in [-0.2, -0.15) is 11.3 Å². The number of rotatable bonds is 3. The van der Waals surface area contributed by atoms with E-state index >= 15 is 0 Å². The summed E-state index contributed by atoms with van der Waals surface area (Å²) in [6, 6.07) is 9.75. The summed E-state index contributed by atoms with van der Waals surface area (Å²) in [5.74, 6) is 0.795. The predicted octanol–water partition coefficient (Wildman–Crippen LogP) is 3.51. The van der Waals surface area contributed by atoms with Gasteiger partial charge in [0.15, 0.2) is 0 Å². The molecule has 2 aromatic rings. The van der Waals surface area contributed by atoms with E-state index < -0.39 is 0 Å². The van der Waals surface area contributed by atoms with Crippen LogP contribution in [0.15, 0.2) is 46.1 Å². The van der Waals surface area contributed by atoms with Crippen LogP contribution in [0.3, 0.4) is 0 Å². The Labute approximate surface area is 92.9 Å². The zero-order valence-electron chi connectivity index (χ0n) is 8.38. The van der Waals surface area contributed by atoms with Crippen molar-refractivity contribution in [2.45, 2.75) is 0 Å². The molecule has 0 bridgehead atoms. The number of ether oxygens (including phenoxy) is 1. The maximum absolute atomic E-state index is 5.20. The molecular formula is C12H11NOS. The summed E-state index contributed by atoms with van der Waals surface area (Å²) in [7, 11) is 1.65. The third-order valence-electron chi connectivity index (χ3n) is 1.98. The first-order valence-electron chi connectivity index (χ1n) is 4.59. The lowest BCUT2D eigenvalue weighted by atomic mass is 10.3. The summed E-state index contributed by atoms with van der Waals surface area (Å²) in [6.45, 7) is 0. The number of nitrogens with zero attached hydrogens (tertiary/aromatic N) is 1. The number of aliphatic imine (C=N–C) groups is 1. The van der Waals surface area contributed by atoms with Crippen molar-refractivity contribution in [1.29, 1.82) is 0 Å². The minimum Gasteiger partial charge on any atom is -0.494 e. The summed E-state index contributed by atoms with van der Waals surface area (Å²) >= 11 is 1.66. The molecule has 0 N–H and O–H groups in total. The maximum atomic E-state index is 5.20. The molecule has 76 valence electrons. The van der Waals surface area contributed by atoms with Crippen LogP contribution in [0, 0.1) is 0 Å². The third-order valence-corrected chi connectivity index (χ3v) is 2.68. The molecule has 0 unspecified atom stereocenters. The Morgan fingerprint density at radius 3 is 2.87 bits per heavy atom. The van der Waals surface area contributed by atoms with E-state index in [1.165, 1.54) is 0 Å². The van der Waals surface area contributed by atoms with Crippen LogP contribution in [0.2, 0.25) is 0 Å². The van der Waals surface area contributed by atoms with E-state index in [0.717, 1.165) is 17.0 Å². The van der Waals surface area contributed by atoms with E-state index in [-0.39, 0.29) is 0 Å². The van der Waals surface area contributed by atoms with Crippen molar-refractivity contribution >= 4 is 23.2 Å². The third kappa shape index (κ3) is 2.44. The van der Waals surface area contributed by atoms with E-state index in [9.17, 15) is 0 Å². The monoisotopic (exact) mass is 217 g/mol. The van der Waals surface area contributed by atoms with Gasteiger partial charge in [0, 0.05) is 11.8 Å². The Morgan fingerprint density at radius 1 is 1.27 bits per heavy atom. The number of methoxy groups -OCH3 is 1. The van der Waals surface area contributed by atoms with Crippen LogP contribution < -0.4 is 4.74 Å². The Kier molecular flexibility index (Phi) is 3.15. The smallest absolute Gasteiger partial charge is 0.144 e. The molecule has 0 aliphatic carbocycles. The van der Waals surface area contributed by atoms with Gasteiger partial charge in [0.1, 0.15) is 11.4 Å². The lowest BCUT2D eigenvalue weighted by molar-refractivity contribution is 0.416. The highest BCUT2D eigenvalue weighted by atomic mass is 32.1. The van der Waals surface area contributed by atoms with E-state index in [1.807, 2.05) is 41.9 Å². The van der Waals surface area contributed by atoms with Gasteiger partial charge in [-0.25, -0.2) is 0 Å². The molecule has 0 fully saturated rings. The molecule has 0 amide bonds. The number of thiophene rings is 1. The zero-order chi connectivity index (χ0) is 10.5. The van der Waals surface area contributed by atoms with Gasteiger partial charge in [0.05, 0.1) is 7.11 Å². The van der Waals surface area contributed by atoms with Crippen molar-refractivity contribution in [2.24, 2.45) is 4.99 Å². The van der Waals surface area contributed by atoms with Crippen molar-refractivity contribution < 1.29 is 4.74 Å². The SMILES string of the molecule is COc1ccccc1/N=C/c1ccsc1. The predicted molar refractivity (Wildman–Crippen MR) is 64.6 cm³/mol. The molecule has 1 heterocycles. The minimum absolute atomic E-state index is 0.795. The Hall–Kier alpha value is -1.61. The van der Waals surface area contributed by atoms with Crippen LogP contribution in [-0.2, 0) is 0 Å². The Morgan fingerprint density at radius 2 is 2.13 bits per heavy atom. The first kappa shape index (κ1) is 9.93. The van der Waals surface area contributed by atoms with Gasteiger partial charge in [-0.1, -0.05) is 12.1 Å². The van der Waals surface area contributed by atoms with E-state index in [4.69, 9.17) is 4.74 Å². The number of para-hydroxylation sites is 2. The second-order valence-electron chi connectivity index (χ2n) is 2.99. The molecule has 1 aromatic carbocycles. The molecule has 2 nitrogen and oxygen atoms in total. The van der Waals surface area contributed by atoms with E-state index in [2.05, 4.69) is 10.4 Å². The number of benzene rings is 1. The zero-order valence-corrected chi connectivity index (χ0v) is 9.20. The minimum atomic E-state index is 0.795. The van der Waals surface area contributed by atoms with Crippen LogP contribution in [0.4, 0.5) is 5.69 Å². The summed E-state index contributed by atoms with van der Waals surface area (Å²) in [4.78, 5) is 4.38. The van der Waals surface area contributed by atoms with Crippen LogP contribution >= 0.6 is 11.3 Å². The summed E-state index contributed by atoms with van der Waals surface area (Å²) in [6.07, 6.45) is 1.84.